The van der Waals surface area contributed by atoms with Crippen molar-refractivity contribution < 1.29 is 0 Å². The quantitative estimate of drug-likeness (QED) is 0.181. The van der Waals surface area contributed by atoms with Crippen LogP contribution in [0.25, 0.3) is 88.6 Å². The molecule has 0 radical (unpaired) electrons. The smallest absolute Gasteiger partial charge is 0.101 e. The molecule has 0 spiro atoms. The van der Waals surface area contributed by atoms with Gasteiger partial charge in [0.05, 0.1) is 44.6 Å². The van der Waals surface area contributed by atoms with Crippen LogP contribution in [-0.2, 0) is 0 Å². The molecular formula is C49H29N5. The van der Waals surface area contributed by atoms with Crippen molar-refractivity contribution >= 4 is 43.6 Å². The zero-order valence-electron chi connectivity index (χ0n) is 29.0. The normalized spacial score (nSPS) is 11.3. The number of rotatable bonds is 5. The number of pyridine rings is 1. The number of fused-ring (bicyclic) bond motifs is 6. The second-order valence-electron chi connectivity index (χ2n) is 13.4. The lowest BCUT2D eigenvalue weighted by Gasteiger charge is -2.13. The van der Waals surface area contributed by atoms with Crippen molar-refractivity contribution in [3.63, 3.8) is 0 Å². The summed E-state index contributed by atoms with van der Waals surface area (Å²) in [6.07, 6.45) is 0. The van der Waals surface area contributed by atoms with Gasteiger partial charge in [-0.05, 0) is 83.9 Å². The van der Waals surface area contributed by atoms with Gasteiger partial charge < -0.3 is 9.13 Å². The molecule has 0 amide bonds. The number of para-hydroxylation sites is 4. The Morgan fingerprint density at radius 3 is 1.11 bits per heavy atom. The van der Waals surface area contributed by atoms with E-state index in [1.165, 1.54) is 21.5 Å². The van der Waals surface area contributed by atoms with Crippen LogP contribution in [-0.4, -0.2) is 14.1 Å². The van der Waals surface area contributed by atoms with E-state index in [1.807, 2.05) is 6.07 Å². The zero-order valence-corrected chi connectivity index (χ0v) is 29.0. The first-order chi connectivity index (χ1) is 26.7. The van der Waals surface area contributed by atoms with Crippen molar-refractivity contribution in [2.45, 2.75) is 0 Å². The highest BCUT2D eigenvalue weighted by Crippen LogP contribution is 2.36. The third-order valence-electron chi connectivity index (χ3n) is 10.4. The zero-order chi connectivity index (χ0) is 36.2. The molecule has 3 aromatic heterocycles. The van der Waals surface area contributed by atoms with Crippen LogP contribution in [0.5, 0.6) is 0 Å². The average molecular weight is 688 g/mol. The van der Waals surface area contributed by atoms with E-state index in [0.717, 1.165) is 67.1 Å². The molecule has 0 saturated heterocycles. The Labute approximate surface area is 311 Å². The Kier molecular flexibility index (Phi) is 7.18. The van der Waals surface area contributed by atoms with Crippen molar-refractivity contribution in [1.82, 2.24) is 14.1 Å². The summed E-state index contributed by atoms with van der Waals surface area (Å²) in [7, 11) is 0. The van der Waals surface area contributed by atoms with Crippen LogP contribution in [0.4, 0.5) is 0 Å². The molecule has 0 bridgehead atoms. The molecule has 0 fully saturated rings. The molecule has 0 unspecified atom stereocenters. The number of nitrogens with zero attached hydrogens (tertiary/aromatic N) is 5. The largest absolute Gasteiger partial charge is 0.309 e. The second kappa shape index (κ2) is 12.5. The van der Waals surface area contributed by atoms with Gasteiger partial charge in [-0.3, -0.25) is 0 Å². The second-order valence-corrected chi connectivity index (χ2v) is 13.4. The fourth-order valence-corrected chi connectivity index (χ4v) is 7.87. The van der Waals surface area contributed by atoms with Crippen LogP contribution in [0.15, 0.2) is 176 Å². The number of hydrogen-bond donors (Lipinski definition) is 0. The van der Waals surface area contributed by atoms with Gasteiger partial charge in [0.1, 0.15) is 12.1 Å². The highest BCUT2D eigenvalue weighted by molar-refractivity contribution is 6.10. The molecule has 0 aliphatic rings. The minimum absolute atomic E-state index is 0.348. The third-order valence-corrected chi connectivity index (χ3v) is 10.4. The average Bonchev–Trinajstić information content (AvgIpc) is 3.76. The van der Waals surface area contributed by atoms with Crippen LogP contribution < -0.4 is 0 Å². The summed E-state index contributed by atoms with van der Waals surface area (Å²) < 4.78 is 4.62. The first-order valence-electron chi connectivity index (χ1n) is 17.8. The predicted octanol–water partition coefficient (Wildman–Crippen LogP) is 12.0. The SMILES string of the molecule is N#Cc1ccc(-c2cc(-c3ccc(-n4c5ccccc5c5ccccc54)cc3)nc(-c3ccc(-n4c5ccccc5c5ccccc54)cc3)c2)cc1C#N. The number of benzene rings is 7. The van der Waals surface area contributed by atoms with E-state index in [1.54, 1.807) is 12.1 Å². The van der Waals surface area contributed by atoms with Crippen LogP contribution in [0.3, 0.4) is 0 Å². The van der Waals surface area contributed by atoms with E-state index >= 15 is 0 Å². The molecular weight excluding hydrogens is 659 g/mol. The molecule has 0 aliphatic carbocycles. The lowest BCUT2D eigenvalue weighted by Crippen LogP contribution is -1.96. The van der Waals surface area contributed by atoms with Gasteiger partial charge in [0.15, 0.2) is 0 Å². The van der Waals surface area contributed by atoms with Crippen molar-refractivity contribution in [2.24, 2.45) is 0 Å². The van der Waals surface area contributed by atoms with Gasteiger partial charge in [-0.2, -0.15) is 10.5 Å². The topological polar surface area (TPSA) is 70.3 Å². The highest BCUT2D eigenvalue weighted by atomic mass is 15.0. The van der Waals surface area contributed by atoms with Gasteiger partial charge in [-0.25, -0.2) is 4.98 Å². The van der Waals surface area contributed by atoms with Gasteiger partial charge in [0.25, 0.3) is 0 Å². The van der Waals surface area contributed by atoms with E-state index in [0.29, 0.717) is 11.1 Å². The number of aromatic nitrogens is 3. The van der Waals surface area contributed by atoms with E-state index < -0.39 is 0 Å². The summed E-state index contributed by atoms with van der Waals surface area (Å²) in [6.45, 7) is 0. The number of nitriles is 2. The maximum Gasteiger partial charge on any atom is 0.101 e. The highest BCUT2D eigenvalue weighted by Gasteiger charge is 2.16. The van der Waals surface area contributed by atoms with Gasteiger partial charge in [0.2, 0.25) is 0 Å². The molecule has 3 heterocycles. The molecule has 0 saturated carbocycles. The van der Waals surface area contributed by atoms with Crippen LogP contribution in [0, 0.1) is 22.7 Å². The lowest BCUT2D eigenvalue weighted by molar-refractivity contribution is 1.18. The summed E-state index contributed by atoms with van der Waals surface area (Å²) in [5.74, 6) is 0. The van der Waals surface area contributed by atoms with Crippen LogP contribution in [0.2, 0.25) is 0 Å². The summed E-state index contributed by atoms with van der Waals surface area (Å²) in [4.78, 5) is 5.23. The van der Waals surface area contributed by atoms with E-state index in [-0.39, 0.29) is 0 Å². The van der Waals surface area contributed by atoms with E-state index in [2.05, 4.69) is 179 Å². The first kappa shape index (κ1) is 31.0. The predicted molar refractivity (Wildman–Crippen MR) is 219 cm³/mol. The molecule has 0 N–H and O–H groups in total. The Morgan fingerprint density at radius 2 is 0.722 bits per heavy atom. The van der Waals surface area contributed by atoms with Crippen LogP contribution in [0.1, 0.15) is 11.1 Å². The Morgan fingerprint density at radius 1 is 0.352 bits per heavy atom. The monoisotopic (exact) mass is 687 g/mol. The van der Waals surface area contributed by atoms with Gasteiger partial charge >= 0.3 is 0 Å². The van der Waals surface area contributed by atoms with Crippen molar-refractivity contribution in [2.75, 3.05) is 0 Å². The lowest BCUT2D eigenvalue weighted by atomic mass is 9.97. The fourth-order valence-electron chi connectivity index (χ4n) is 7.87. The summed E-state index contributed by atoms with van der Waals surface area (Å²) in [5.41, 5.74) is 12.8. The van der Waals surface area contributed by atoms with Gasteiger partial charge in [-0.1, -0.05) is 103 Å². The molecule has 0 aliphatic heterocycles. The standard InChI is InChI=1S/C49H29N5/c50-30-35-18-17-34(27-37(35)31-51)36-28-44(32-19-23-38(24-20-32)53-46-13-5-1-9-40(46)41-10-2-6-14-47(41)53)52-45(29-36)33-21-25-39(26-22-33)54-48-15-7-3-11-42(48)43-12-4-8-16-49(43)54/h1-29H. The summed E-state index contributed by atoms with van der Waals surface area (Å²) >= 11 is 0. The minimum atomic E-state index is 0.348. The van der Waals surface area contributed by atoms with Gasteiger partial charge in [0, 0.05) is 44.0 Å². The van der Waals surface area contributed by atoms with E-state index in [9.17, 15) is 10.5 Å². The fraction of sp³-hybridized carbons (Fsp3) is 0. The molecule has 5 heteroatoms. The first-order valence-corrected chi connectivity index (χ1v) is 17.8. The molecule has 10 aromatic rings. The molecule has 0 atom stereocenters. The molecule has 7 aromatic carbocycles. The van der Waals surface area contributed by atoms with Crippen molar-refractivity contribution in [3.8, 4) is 57.2 Å². The minimum Gasteiger partial charge on any atom is -0.309 e. The van der Waals surface area contributed by atoms with Crippen molar-refractivity contribution in [1.29, 1.82) is 10.5 Å². The van der Waals surface area contributed by atoms with E-state index in [4.69, 9.17) is 4.98 Å². The third kappa shape index (κ3) is 4.96. The number of hydrogen-bond acceptors (Lipinski definition) is 3. The maximum absolute atomic E-state index is 9.84. The Balaban J connectivity index is 1.10. The molecule has 250 valence electrons. The van der Waals surface area contributed by atoms with Crippen molar-refractivity contribution in [3.05, 3.63) is 187 Å². The summed E-state index contributed by atoms with van der Waals surface area (Å²) in [5, 5.41) is 24.3. The van der Waals surface area contributed by atoms with Gasteiger partial charge in [-0.15, -0.1) is 0 Å². The summed E-state index contributed by atoms with van der Waals surface area (Å²) in [6, 6.07) is 65.0. The maximum atomic E-state index is 9.84. The Bertz CT molecular complexity index is 2890. The Hall–Kier alpha value is -7.73. The molecule has 54 heavy (non-hydrogen) atoms. The van der Waals surface area contributed by atoms with Crippen LogP contribution >= 0.6 is 0 Å². The molecule has 10 rings (SSSR count). The molecule has 5 nitrogen and oxygen atoms in total.